The number of nitrogens with one attached hydrogen (secondary N) is 1. The van der Waals surface area contributed by atoms with Crippen molar-refractivity contribution < 1.29 is 14.6 Å². The Kier molecular flexibility index (Phi) is 5.94. The second-order valence-corrected chi connectivity index (χ2v) is 4.73. The lowest BCUT2D eigenvalue weighted by atomic mass is 10.1. The topological polar surface area (TPSA) is 58.6 Å². The Morgan fingerprint density at radius 1 is 1.00 bits per heavy atom. The lowest BCUT2D eigenvalue weighted by molar-refractivity contribution is -0.126. The van der Waals surface area contributed by atoms with Crippen molar-refractivity contribution in [1.82, 2.24) is 5.32 Å². The largest absolute Gasteiger partial charge is 0.392 e. The van der Waals surface area contributed by atoms with Gasteiger partial charge in [-0.1, -0.05) is 54.6 Å². The van der Waals surface area contributed by atoms with Crippen molar-refractivity contribution in [3.05, 3.63) is 71.3 Å². The van der Waals surface area contributed by atoms with Gasteiger partial charge < -0.3 is 15.2 Å². The zero-order valence-corrected chi connectivity index (χ0v) is 11.8. The molecule has 0 radical (unpaired) electrons. The van der Waals surface area contributed by atoms with Crippen LogP contribution in [0, 0.1) is 0 Å². The molecular weight excluding hydrogens is 266 g/mol. The van der Waals surface area contributed by atoms with Crippen LogP contribution >= 0.6 is 0 Å². The van der Waals surface area contributed by atoms with E-state index in [0.29, 0.717) is 13.2 Å². The Morgan fingerprint density at radius 3 is 2.48 bits per heavy atom. The molecule has 4 nitrogen and oxygen atoms in total. The van der Waals surface area contributed by atoms with Gasteiger partial charge in [-0.05, 0) is 16.7 Å². The highest BCUT2D eigenvalue weighted by molar-refractivity contribution is 5.77. The highest BCUT2D eigenvalue weighted by Gasteiger charge is 2.02. The van der Waals surface area contributed by atoms with Crippen LogP contribution in [0.25, 0.3) is 0 Å². The van der Waals surface area contributed by atoms with Gasteiger partial charge in [0.1, 0.15) is 6.61 Å². The Morgan fingerprint density at radius 2 is 1.71 bits per heavy atom. The summed E-state index contributed by atoms with van der Waals surface area (Å²) < 4.78 is 5.36. The predicted molar refractivity (Wildman–Crippen MR) is 80.3 cm³/mol. The van der Waals surface area contributed by atoms with Gasteiger partial charge >= 0.3 is 0 Å². The van der Waals surface area contributed by atoms with E-state index < -0.39 is 0 Å². The maximum absolute atomic E-state index is 11.7. The van der Waals surface area contributed by atoms with Crippen LogP contribution < -0.4 is 5.32 Å². The van der Waals surface area contributed by atoms with Crippen LogP contribution in [0.3, 0.4) is 0 Å². The number of aliphatic hydroxyl groups is 1. The molecule has 21 heavy (non-hydrogen) atoms. The van der Waals surface area contributed by atoms with Gasteiger partial charge in [-0.2, -0.15) is 0 Å². The minimum atomic E-state index is -0.152. The van der Waals surface area contributed by atoms with E-state index >= 15 is 0 Å². The summed E-state index contributed by atoms with van der Waals surface area (Å²) >= 11 is 0. The van der Waals surface area contributed by atoms with Crippen molar-refractivity contribution in [1.29, 1.82) is 0 Å². The molecule has 0 aliphatic heterocycles. The average Bonchev–Trinajstić information content (AvgIpc) is 2.54. The number of benzene rings is 2. The van der Waals surface area contributed by atoms with Gasteiger partial charge in [0.25, 0.3) is 0 Å². The van der Waals surface area contributed by atoms with Crippen molar-refractivity contribution in [2.24, 2.45) is 0 Å². The Bertz CT molecular complexity index is 569. The van der Waals surface area contributed by atoms with Crippen molar-refractivity contribution in [2.45, 2.75) is 19.8 Å². The number of carbonyl (C=O) groups is 1. The molecule has 0 saturated heterocycles. The summed E-state index contributed by atoms with van der Waals surface area (Å²) in [5.74, 6) is -0.152. The van der Waals surface area contributed by atoms with E-state index in [0.717, 1.165) is 16.7 Å². The van der Waals surface area contributed by atoms with Crippen molar-refractivity contribution in [2.75, 3.05) is 6.61 Å². The summed E-state index contributed by atoms with van der Waals surface area (Å²) in [5, 5.41) is 11.8. The van der Waals surface area contributed by atoms with E-state index in [1.807, 2.05) is 54.6 Å². The van der Waals surface area contributed by atoms with Gasteiger partial charge in [0.15, 0.2) is 0 Å². The summed E-state index contributed by atoms with van der Waals surface area (Å²) in [6.45, 7) is 0.895. The molecule has 2 aromatic rings. The highest BCUT2D eigenvalue weighted by atomic mass is 16.5. The number of ether oxygens (including phenoxy) is 1. The van der Waals surface area contributed by atoms with E-state index in [4.69, 9.17) is 9.84 Å². The summed E-state index contributed by atoms with van der Waals surface area (Å²) in [6.07, 6.45) is 0. The predicted octanol–water partition coefficient (Wildman–Crippen LogP) is 2.01. The van der Waals surface area contributed by atoms with E-state index in [2.05, 4.69) is 5.32 Å². The molecule has 0 aliphatic carbocycles. The molecule has 2 rings (SSSR count). The van der Waals surface area contributed by atoms with E-state index in [1.165, 1.54) is 0 Å². The maximum atomic E-state index is 11.7. The molecule has 0 unspecified atom stereocenters. The minimum Gasteiger partial charge on any atom is -0.392 e. The molecule has 110 valence electrons. The zero-order chi connectivity index (χ0) is 14.9. The zero-order valence-electron chi connectivity index (χ0n) is 11.8. The van der Waals surface area contributed by atoms with Crippen LogP contribution in [0.15, 0.2) is 54.6 Å². The number of aliphatic hydroxyl groups excluding tert-OH is 1. The van der Waals surface area contributed by atoms with Crippen LogP contribution in [-0.4, -0.2) is 17.6 Å². The quantitative estimate of drug-likeness (QED) is 0.818. The average molecular weight is 285 g/mol. The number of rotatable bonds is 7. The van der Waals surface area contributed by atoms with Crippen LogP contribution in [0.1, 0.15) is 16.7 Å². The fraction of sp³-hybridized carbons (Fsp3) is 0.235. The van der Waals surface area contributed by atoms with E-state index in [1.54, 1.807) is 0 Å². The van der Waals surface area contributed by atoms with E-state index in [9.17, 15) is 4.79 Å². The first-order valence-corrected chi connectivity index (χ1v) is 6.85. The molecule has 0 atom stereocenters. The summed E-state index contributed by atoms with van der Waals surface area (Å²) in [4.78, 5) is 11.7. The molecule has 0 heterocycles. The first kappa shape index (κ1) is 15.2. The number of amides is 1. The second-order valence-electron chi connectivity index (χ2n) is 4.73. The van der Waals surface area contributed by atoms with E-state index in [-0.39, 0.29) is 19.1 Å². The summed E-state index contributed by atoms with van der Waals surface area (Å²) in [6, 6.07) is 17.2. The third-order valence-corrected chi connectivity index (χ3v) is 3.01. The molecule has 0 aromatic heterocycles. The molecule has 0 bridgehead atoms. The van der Waals surface area contributed by atoms with Crippen LogP contribution in [-0.2, 0) is 29.3 Å². The number of hydrogen-bond acceptors (Lipinski definition) is 3. The van der Waals surface area contributed by atoms with Crippen LogP contribution in [0.5, 0.6) is 0 Å². The molecule has 0 aliphatic rings. The van der Waals surface area contributed by atoms with Gasteiger partial charge in [-0.25, -0.2) is 0 Å². The smallest absolute Gasteiger partial charge is 0.246 e. The standard InChI is InChI=1S/C17H19NO3/c19-11-16-8-4-7-15(9-16)10-18-17(20)13-21-12-14-5-2-1-3-6-14/h1-9,19H,10-13H2,(H,18,20). The third kappa shape index (κ3) is 5.38. The lowest BCUT2D eigenvalue weighted by Gasteiger charge is -2.07. The second kappa shape index (κ2) is 8.19. The maximum Gasteiger partial charge on any atom is 0.246 e. The van der Waals surface area contributed by atoms with Gasteiger partial charge in [0, 0.05) is 6.54 Å². The highest BCUT2D eigenvalue weighted by Crippen LogP contribution is 2.05. The molecule has 1 amide bonds. The van der Waals surface area contributed by atoms with Gasteiger partial charge in [-0.3, -0.25) is 4.79 Å². The minimum absolute atomic E-state index is 0.00196. The fourth-order valence-electron chi connectivity index (χ4n) is 1.93. The third-order valence-electron chi connectivity index (χ3n) is 3.01. The molecule has 0 saturated carbocycles. The lowest BCUT2D eigenvalue weighted by Crippen LogP contribution is -2.27. The SMILES string of the molecule is O=C(COCc1ccccc1)NCc1cccc(CO)c1. The number of carbonyl (C=O) groups excluding carboxylic acids is 1. The Hall–Kier alpha value is -2.17. The van der Waals surface area contributed by atoms with Crippen molar-refractivity contribution >= 4 is 5.91 Å². The summed E-state index contributed by atoms with van der Waals surface area (Å²) in [5.41, 5.74) is 2.83. The Balaban J connectivity index is 1.70. The number of hydrogen-bond donors (Lipinski definition) is 2. The molecular formula is C17H19NO3. The van der Waals surface area contributed by atoms with Gasteiger partial charge in [0.05, 0.1) is 13.2 Å². The molecule has 0 spiro atoms. The van der Waals surface area contributed by atoms with Crippen molar-refractivity contribution in [3.8, 4) is 0 Å². The first-order valence-electron chi connectivity index (χ1n) is 6.85. The summed E-state index contributed by atoms with van der Waals surface area (Å²) in [7, 11) is 0. The van der Waals surface area contributed by atoms with Gasteiger partial charge in [0.2, 0.25) is 5.91 Å². The molecule has 4 heteroatoms. The molecule has 2 N–H and O–H groups in total. The fourth-order valence-corrected chi connectivity index (χ4v) is 1.93. The monoisotopic (exact) mass is 285 g/mol. The molecule has 2 aromatic carbocycles. The first-order chi connectivity index (χ1) is 10.3. The van der Waals surface area contributed by atoms with Crippen LogP contribution in [0.2, 0.25) is 0 Å². The Labute approximate surface area is 124 Å². The molecule has 0 fully saturated rings. The van der Waals surface area contributed by atoms with Crippen LogP contribution in [0.4, 0.5) is 0 Å². The van der Waals surface area contributed by atoms with Crippen molar-refractivity contribution in [3.63, 3.8) is 0 Å². The van der Waals surface area contributed by atoms with Gasteiger partial charge in [-0.15, -0.1) is 0 Å². The normalized spacial score (nSPS) is 10.3.